The molecule has 4 aliphatic carbocycles. The minimum Gasteiger partial charge on any atom is -0.469 e. The Balaban J connectivity index is 1.77. The van der Waals surface area contributed by atoms with Crippen LogP contribution in [0, 0.1) is 68.0 Å². The van der Waals surface area contributed by atoms with Gasteiger partial charge >= 0.3 is 5.97 Å². The van der Waals surface area contributed by atoms with Crippen molar-refractivity contribution in [1.82, 2.24) is 5.32 Å². The highest BCUT2D eigenvalue weighted by Gasteiger charge is 2.71. The largest absolute Gasteiger partial charge is 0.469 e. The Labute approximate surface area is 237 Å². The van der Waals surface area contributed by atoms with Crippen LogP contribution in [0.15, 0.2) is 12.2 Å². The van der Waals surface area contributed by atoms with Gasteiger partial charge in [0.1, 0.15) is 0 Å². The lowest BCUT2D eigenvalue weighted by molar-refractivity contribution is -0.229. The van der Waals surface area contributed by atoms with E-state index in [0.29, 0.717) is 24.2 Å². The van der Waals surface area contributed by atoms with E-state index in [2.05, 4.69) is 59.5 Å². The lowest BCUT2D eigenvalue weighted by atomic mass is 9.33. The van der Waals surface area contributed by atoms with E-state index < -0.39 is 10.8 Å². The van der Waals surface area contributed by atoms with Crippen LogP contribution < -0.4 is 5.32 Å². The summed E-state index contributed by atoms with van der Waals surface area (Å²) in [5, 5.41) is 13.3. The first-order valence-electron chi connectivity index (χ1n) is 15.5. The molecule has 5 heteroatoms. The van der Waals surface area contributed by atoms with Crippen LogP contribution in [0.1, 0.15) is 113 Å². The number of hydrogen-bond donors (Lipinski definition) is 1. The molecule has 4 aliphatic rings. The Hall–Kier alpha value is -1.83. The quantitative estimate of drug-likeness (QED) is 0.281. The molecular formula is C34H54N2O3. The molecule has 218 valence electrons. The molecule has 0 aromatic rings. The lowest BCUT2D eigenvalue weighted by Gasteiger charge is -2.71. The van der Waals surface area contributed by atoms with Crippen molar-refractivity contribution in [2.75, 3.05) is 7.11 Å². The maximum absolute atomic E-state index is 13.5. The van der Waals surface area contributed by atoms with E-state index in [0.717, 1.165) is 51.4 Å². The second-order valence-corrected chi connectivity index (χ2v) is 15.5. The highest BCUT2D eigenvalue weighted by molar-refractivity contribution is 5.82. The summed E-state index contributed by atoms with van der Waals surface area (Å²) in [7, 11) is 1.56. The predicted octanol–water partition coefficient (Wildman–Crippen LogP) is 7.46. The summed E-state index contributed by atoms with van der Waals surface area (Å²) in [4.78, 5) is 26.9. The Bertz CT molecular complexity index is 1060. The molecule has 0 spiro atoms. The first-order valence-corrected chi connectivity index (χ1v) is 15.5. The van der Waals surface area contributed by atoms with Gasteiger partial charge in [-0.2, -0.15) is 5.26 Å². The van der Waals surface area contributed by atoms with Gasteiger partial charge in [0, 0.05) is 17.9 Å². The zero-order chi connectivity index (χ0) is 29.2. The van der Waals surface area contributed by atoms with E-state index in [1.807, 2.05) is 13.8 Å². The zero-order valence-electron chi connectivity index (χ0n) is 26.2. The molecule has 0 unspecified atom stereocenters. The molecule has 0 bridgehead atoms. The van der Waals surface area contributed by atoms with Gasteiger partial charge in [0.15, 0.2) is 0 Å². The van der Waals surface area contributed by atoms with Gasteiger partial charge < -0.3 is 10.1 Å². The molecule has 5 nitrogen and oxygen atoms in total. The van der Waals surface area contributed by atoms with Gasteiger partial charge in [-0.1, -0.05) is 46.8 Å². The lowest BCUT2D eigenvalue weighted by Crippen LogP contribution is -2.66. The fourth-order valence-corrected chi connectivity index (χ4v) is 11.3. The average Bonchev–Trinajstić information content (AvgIpc) is 3.25. The number of methoxy groups -OCH3 is 1. The summed E-state index contributed by atoms with van der Waals surface area (Å²) in [5.41, 5.74) is 0.0926. The number of nitrogens with one attached hydrogen (secondary N) is 1. The highest BCUT2D eigenvalue weighted by atomic mass is 16.5. The summed E-state index contributed by atoms with van der Waals surface area (Å²) in [6.45, 7) is 22.1. The molecule has 0 aromatic heterocycles. The van der Waals surface area contributed by atoms with Crippen LogP contribution in [0.4, 0.5) is 0 Å². The fourth-order valence-electron chi connectivity index (χ4n) is 11.3. The molecule has 1 N–H and O–H groups in total. The number of nitrogens with zero attached hydrogens (tertiary/aromatic N) is 1. The number of nitriles is 1. The van der Waals surface area contributed by atoms with Crippen molar-refractivity contribution in [2.24, 2.45) is 56.7 Å². The second kappa shape index (κ2) is 9.92. The Morgan fingerprint density at radius 1 is 1.05 bits per heavy atom. The van der Waals surface area contributed by atoms with Crippen LogP contribution in [0.2, 0.25) is 0 Å². The number of allylic oxidation sites excluding steroid dienone is 1. The van der Waals surface area contributed by atoms with Gasteiger partial charge in [-0.05, 0) is 118 Å². The van der Waals surface area contributed by atoms with Crippen molar-refractivity contribution in [2.45, 2.75) is 119 Å². The molecule has 0 aromatic carbocycles. The van der Waals surface area contributed by atoms with Crippen LogP contribution in [0.25, 0.3) is 0 Å². The molecule has 1 amide bonds. The molecule has 0 saturated heterocycles. The summed E-state index contributed by atoms with van der Waals surface area (Å²) >= 11 is 0. The highest BCUT2D eigenvalue weighted by Crippen LogP contribution is 2.76. The van der Waals surface area contributed by atoms with E-state index in [1.165, 1.54) is 5.57 Å². The Kier molecular flexibility index (Phi) is 7.66. The summed E-state index contributed by atoms with van der Waals surface area (Å²) in [5.74, 6) is 1.63. The van der Waals surface area contributed by atoms with E-state index in [4.69, 9.17) is 4.74 Å². The molecule has 4 saturated carbocycles. The third-order valence-corrected chi connectivity index (χ3v) is 13.3. The first kappa shape index (κ1) is 30.1. The first-order chi connectivity index (χ1) is 18.1. The van der Waals surface area contributed by atoms with Gasteiger partial charge in [-0.3, -0.25) is 9.59 Å². The maximum atomic E-state index is 13.5. The van der Waals surface area contributed by atoms with Crippen LogP contribution in [0.5, 0.6) is 0 Å². The average molecular weight is 539 g/mol. The number of amides is 1. The third kappa shape index (κ3) is 4.13. The van der Waals surface area contributed by atoms with Crippen LogP contribution >= 0.6 is 0 Å². The van der Waals surface area contributed by atoms with E-state index in [-0.39, 0.29) is 46.0 Å². The minimum atomic E-state index is -0.557. The fraction of sp³-hybridized carbons (Fsp3) is 0.853. The van der Waals surface area contributed by atoms with Gasteiger partial charge in [0.05, 0.1) is 18.6 Å². The number of rotatable bonds is 6. The van der Waals surface area contributed by atoms with Crippen LogP contribution in [-0.2, 0) is 14.3 Å². The van der Waals surface area contributed by atoms with Gasteiger partial charge in [-0.25, -0.2) is 0 Å². The number of carbonyl (C=O) groups is 2. The topological polar surface area (TPSA) is 79.2 Å². The van der Waals surface area contributed by atoms with Crippen molar-refractivity contribution in [3.63, 3.8) is 0 Å². The number of hydrogen-bond acceptors (Lipinski definition) is 4. The Morgan fingerprint density at radius 2 is 1.72 bits per heavy atom. The Morgan fingerprint density at radius 3 is 2.28 bits per heavy atom. The number of ether oxygens (including phenoxy) is 1. The van der Waals surface area contributed by atoms with Crippen molar-refractivity contribution in [1.29, 1.82) is 5.26 Å². The number of fused-ring (bicyclic) bond motifs is 5. The summed E-state index contributed by atoms with van der Waals surface area (Å²) in [6, 6.07) is 2.67. The maximum Gasteiger partial charge on any atom is 0.312 e. The molecular weight excluding hydrogens is 484 g/mol. The number of esters is 1. The van der Waals surface area contributed by atoms with E-state index in [9.17, 15) is 14.9 Å². The zero-order valence-corrected chi connectivity index (χ0v) is 26.2. The van der Waals surface area contributed by atoms with Gasteiger partial charge in [-0.15, -0.1) is 0 Å². The minimum absolute atomic E-state index is 0.0125. The molecule has 4 fully saturated rings. The number of carbonyl (C=O) groups excluding carboxylic acids is 2. The van der Waals surface area contributed by atoms with Crippen molar-refractivity contribution in [3.8, 4) is 6.07 Å². The van der Waals surface area contributed by atoms with Crippen molar-refractivity contribution in [3.05, 3.63) is 12.2 Å². The summed E-state index contributed by atoms with van der Waals surface area (Å²) in [6.07, 6.45) is 8.42. The van der Waals surface area contributed by atoms with Gasteiger partial charge in [0.2, 0.25) is 5.91 Å². The molecule has 9 atom stereocenters. The van der Waals surface area contributed by atoms with Crippen LogP contribution in [0.3, 0.4) is 0 Å². The summed E-state index contributed by atoms with van der Waals surface area (Å²) < 4.78 is 5.49. The smallest absolute Gasteiger partial charge is 0.312 e. The predicted molar refractivity (Wildman–Crippen MR) is 155 cm³/mol. The van der Waals surface area contributed by atoms with Crippen molar-refractivity contribution < 1.29 is 14.3 Å². The normalized spacial score (nSPS) is 43.5. The van der Waals surface area contributed by atoms with Crippen molar-refractivity contribution >= 4 is 11.9 Å². The van der Waals surface area contributed by atoms with Crippen LogP contribution in [-0.4, -0.2) is 25.0 Å². The SMILES string of the molecule is C=C(C)[C@@H]1CC[C@]2(C(=O)OC)CC[C@]3(C)[C@H](CC[C@@H]4[C@@](C)(CC#N)[C@H](C(C)(C)C(=O)NC(C)C)CC[C@]43C)[C@@H]12. The molecule has 39 heavy (non-hydrogen) atoms. The molecule has 4 rings (SSSR count). The van der Waals surface area contributed by atoms with E-state index in [1.54, 1.807) is 7.11 Å². The standard InChI is InChI=1S/C34H54N2O3/c1-21(2)23-13-16-34(29(38)39-10)18-17-32(8)24(27(23)34)11-12-26-31(7,19-20-35)25(14-15-33(26,32)9)30(5,6)28(37)36-22(3)4/h22-27H,1,11-19H2,2-10H3,(H,36,37)/t23-,24+,25-,26+,27+,31-,32+,33+,34-/m0/s1. The monoisotopic (exact) mass is 538 g/mol. The second-order valence-electron chi connectivity index (χ2n) is 15.5. The molecule has 0 aliphatic heterocycles. The van der Waals surface area contributed by atoms with E-state index >= 15 is 0 Å². The molecule has 0 heterocycles. The molecule has 0 radical (unpaired) electrons. The third-order valence-electron chi connectivity index (χ3n) is 13.3. The van der Waals surface area contributed by atoms with Gasteiger partial charge in [0.25, 0.3) is 0 Å².